The molecule has 0 spiro atoms. The Hall–Kier alpha value is -5.20. The summed E-state index contributed by atoms with van der Waals surface area (Å²) in [6, 6.07) is 12.7. The Morgan fingerprint density at radius 1 is 0.402 bits per heavy atom. The smallest absolute Gasteiger partial charge is 0.744 e. The van der Waals surface area contributed by atoms with Gasteiger partial charge in [-0.05, 0) is 95.2 Å². The second kappa shape index (κ2) is 60.1. The van der Waals surface area contributed by atoms with Crippen LogP contribution in [-0.2, 0) is 95.9 Å². The molecule has 45 nitrogen and oxygen atoms in total. The van der Waals surface area contributed by atoms with Crippen LogP contribution in [0.5, 0.6) is 0 Å². The third-order valence-corrected chi connectivity index (χ3v) is 21.6. The third kappa shape index (κ3) is 38.4. The van der Waals surface area contributed by atoms with E-state index < -0.39 is 220 Å². The van der Waals surface area contributed by atoms with Gasteiger partial charge in [0.2, 0.25) is 0 Å². The zero-order valence-electron chi connectivity index (χ0n) is 70.8. The molecule has 5 aliphatic heterocycles. The summed E-state index contributed by atoms with van der Waals surface area (Å²) in [5, 5.41) is 191. The van der Waals surface area contributed by atoms with Crippen LogP contribution in [0.2, 0.25) is 0 Å². The van der Waals surface area contributed by atoms with E-state index in [9.17, 15) is 114 Å². The number of carbonyl (C=O) groups excluding carboxylic acids is 5. The van der Waals surface area contributed by atoms with Crippen LogP contribution in [0, 0.1) is 0 Å². The normalized spacial score (nSPS) is 30.2. The molecule has 5 fully saturated rings. The molecule has 0 amide bonds. The van der Waals surface area contributed by atoms with Crippen molar-refractivity contribution in [2.24, 2.45) is 17.2 Å². The number of H-pyrrole nitrogens is 2. The van der Waals surface area contributed by atoms with Crippen LogP contribution >= 0.6 is 0 Å². The van der Waals surface area contributed by atoms with E-state index in [2.05, 4.69) is 19.9 Å². The molecule has 9 rings (SSSR count). The van der Waals surface area contributed by atoms with E-state index in [0.29, 0.717) is 109 Å². The van der Waals surface area contributed by atoms with Gasteiger partial charge in [0.1, 0.15) is 155 Å². The number of ether oxygens (including phenoxy) is 10. The van der Waals surface area contributed by atoms with Gasteiger partial charge in [-0.2, -0.15) is 0 Å². The van der Waals surface area contributed by atoms with Crippen molar-refractivity contribution in [1.82, 2.24) is 19.9 Å². The van der Waals surface area contributed by atoms with Gasteiger partial charge >= 0.3 is 29.6 Å². The molecule has 5 aliphatic rings. The Balaban J connectivity index is 0.000000333. The average molecular weight is 1850 g/mol. The topological polar surface area (TPSA) is 775 Å². The van der Waals surface area contributed by atoms with Crippen LogP contribution < -0.4 is 46.8 Å². The zero-order valence-corrected chi connectivity index (χ0v) is 73.6. The number of benzene rings is 2. The van der Waals surface area contributed by atoms with Gasteiger partial charge in [-0.25, -0.2) is 18.4 Å². The van der Waals surface area contributed by atoms with Crippen molar-refractivity contribution in [3.8, 4) is 0 Å². The van der Waals surface area contributed by atoms with Crippen LogP contribution in [0.4, 0.5) is 0 Å². The summed E-state index contributed by atoms with van der Waals surface area (Å²) in [4.78, 5) is 72.3. The van der Waals surface area contributed by atoms with E-state index in [0.717, 1.165) is 29.1 Å². The minimum atomic E-state index is -4.56. The Morgan fingerprint density at radius 3 is 1.00 bits per heavy atom. The van der Waals surface area contributed by atoms with Crippen molar-refractivity contribution in [3.63, 3.8) is 0 Å². The number of unbranched alkanes of at least 4 members (excludes halogenated alkanes) is 5. The number of aromatic amines is 2. The fourth-order valence-corrected chi connectivity index (χ4v) is 13.5. The molecule has 7 heterocycles. The number of hydrogen-bond donors (Lipinski definition) is 25. The first kappa shape index (κ1) is 114. The van der Waals surface area contributed by atoms with Crippen molar-refractivity contribution in [2.75, 3.05) is 66.1 Å². The molecule has 127 heavy (non-hydrogen) atoms. The molecule has 47 heteroatoms. The van der Waals surface area contributed by atoms with E-state index >= 15 is 0 Å². The van der Waals surface area contributed by atoms with Crippen LogP contribution in [-0.4, -0.2) is 402 Å². The summed E-state index contributed by atoms with van der Waals surface area (Å²) in [5.74, 6) is -0.253. The Labute approximate surface area is 755 Å². The first-order valence-corrected chi connectivity index (χ1v) is 42.9. The summed E-state index contributed by atoms with van der Waals surface area (Å²) >= 11 is 0. The van der Waals surface area contributed by atoms with E-state index in [1.54, 1.807) is 19.3 Å². The van der Waals surface area contributed by atoms with Crippen LogP contribution in [0.3, 0.4) is 0 Å². The number of Topliss-reactive ketones (excluding diaryl/α,β-unsaturated/α-hetero) is 5. The standard InChI is InChI=1S/C19H29NO7.C17H24O10S.C16H27N3O7.C15H24N2O7.C13H25NO7.Na/c20-13(10-12-6-2-1-3-7-12)14(22)8-4-5-9-26-19-18(25)17(24)16(23)15(11-21)27-19;18-9-13-14(20)15(21)16(22)17(27-13)26-8-2-1-3-12(19)10-4-6-11(7-5-10)28(23,24)25;17-10(5-9-6-18-8-19-9)11(21)3-1-2-4-25-16-15(24)14(23)13(22)12(7-20)26-16;18-7-11-12(20)13(21)14(22)15(24-11)23-4-2-1-3-10(19)5-9-6-16-8-17-9;1-7(14)8(16)4-2-3-5-20-13-12(19)11(18)10(17)9(6-15)21-13;/h1-3,6-7,13,15-19,21,23-25H,4-5,8-11,20H2;4-7,13-18,20-22H,1-3,8-9H2,(H,23,24,25);6,8,10,12-16,20,22-24H,1-5,7,17H2,(H,18,19);6,8,11-15,18,20-22H,1-5,7H2,(H,16,17);7,9-13,15,17-19H,2-6,14H2,1H3;/q;;;;;+1/p-1/t13-,15?,16?,17?,18?,19?;;10-,12?,13?,14?,15?,16?;;7-,9?,10?,11?,12?,13?;/m1.1.1./s1. The van der Waals surface area contributed by atoms with Crippen LogP contribution in [0.25, 0.3) is 0 Å². The number of aliphatic hydroxyl groups excluding tert-OH is 20. The van der Waals surface area contributed by atoms with Gasteiger partial charge in [0.15, 0.2) is 37.2 Å². The number of nitrogens with one attached hydrogen (secondary N) is 2. The monoisotopic (exact) mass is 1850 g/mol. The molecule has 28 atom stereocenters. The summed E-state index contributed by atoms with van der Waals surface area (Å²) < 4.78 is 85.4. The van der Waals surface area contributed by atoms with Gasteiger partial charge in [-0.3, -0.25) is 24.0 Å². The van der Waals surface area contributed by atoms with Crippen molar-refractivity contribution in [3.05, 3.63) is 102 Å². The first-order valence-electron chi connectivity index (χ1n) is 41.5. The van der Waals surface area contributed by atoms with Crippen molar-refractivity contribution >= 4 is 39.0 Å². The number of nitrogens with zero attached hydrogens (tertiary/aromatic N) is 2. The van der Waals surface area contributed by atoms with E-state index in [1.807, 2.05) is 30.3 Å². The van der Waals surface area contributed by atoms with Gasteiger partial charge in [0, 0.05) is 107 Å². The Kier molecular flexibility index (Phi) is 54.0. The predicted molar refractivity (Wildman–Crippen MR) is 431 cm³/mol. The third-order valence-electron chi connectivity index (χ3n) is 20.8. The van der Waals surface area contributed by atoms with E-state index in [4.69, 9.17) is 90.1 Å². The minimum Gasteiger partial charge on any atom is -0.744 e. The molecule has 4 aromatic rings. The SMILES string of the molecule is C[C@@H](N)C(=O)CCCCOC1OC(CO)C(O)C(O)C1O.N[C@H](Cc1ccccc1)C(=O)CCCCOC1OC(CO)C(O)C(O)C1O.N[C@H](Cc1cnc[nH]1)C(=O)CCCCOC1OC(CO)C(O)C(O)C1O.O=C(CCCCOC1OC(CO)C(O)C(O)C1O)Cc1cnc[nH]1.O=C(CCCCOC1OC(CO)C(O)C(O)C1O)c1ccc(S(=O)(=O)[O-])cc1.[Na+]. The molecule has 0 radical (unpaired) electrons. The summed E-state index contributed by atoms with van der Waals surface area (Å²) in [6.45, 7) is 0.0131. The maximum Gasteiger partial charge on any atom is 1.00 e. The average Bonchev–Trinajstić information content (AvgIpc) is 1.18. The number of imidazole rings is 2. The molecule has 0 aliphatic carbocycles. The molecule has 0 saturated carbocycles. The predicted octanol–water partition coefficient (Wildman–Crippen LogP) is -10.9. The van der Waals surface area contributed by atoms with Gasteiger partial charge < -0.3 is 181 Å². The maximum absolute atomic E-state index is 12.1. The van der Waals surface area contributed by atoms with Crippen molar-refractivity contribution in [2.45, 2.75) is 299 Å². The Morgan fingerprint density at radius 2 is 0.701 bits per heavy atom. The van der Waals surface area contributed by atoms with E-state index in [1.165, 1.54) is 24.8 Å². The zero-order chi connectivity index (χ0) is 93.3. The van der Waals surface area contributed by atoms with Gasteiger partial charge in [0.05, 0.1) is 68.7 Å². The largest absolute Gasteiger partial charge is 1.00 e. The molecule has 0 bridgehead atoms. The number of nitrogens with two attached hydrogens (primary N) is 3. The molecule has 2 aromatic heterocycles. The summed E-state index contributed by atoms with van der Waals surface area (Å²) in [7, 11) is -4.56. The quantitative estimate of drug-likeness (QED) is 0.00845. The van der Waals surface area contributed by atoms with E-state index in [-0.39, 0.29) is 103 Å². The van der Waals surface area contributed by atoms with Gasteiger partial charge in [-0.1, -0.05) is 42.5 Å². The van der Waals surface area contributed by atoms with Crippen molar-refractivity contribution < 1.29 is 216 Å². The maximum atomic E-state index is 12.1. The number of ketones is 5. The molecule has 2 aromatic carbocycles. The molecule has 28 N–H and O–H groups in total. The van der Waals surface area contributed by atoms with Crippen LogP contribution in [0.1, 0.15) is 131 Å². The fourth-order valence-electron chi connectivity index (χ4n) is 13.0. The Bertz CT molecular complexity index is 3780. The second-order valence-electron chi connectivity index (χ2n) is 30.7. The number of aliphatic hydroxyl groups is 20. The molecule has 25 unspecified atom stereocenters. The first-order chi connectivity index (χ1) is 59.9. The van der Waals surface area contributed by atoms with Gasteiger partial charge in [-0.15, -0.1) is 0 Å². The van der Waals surface area contributed by atoms with Crippen molar-refractivity contribution in [1.29, 1.82) is 0 Å². The fraction of sp³-hybridized carbons (Fsp3) is 0.713. The summed E-state index contributed by atoms with van der Waals surface area (Å²) in [5.41, 5.74) is 20.1. The molecule has 718 valence electrons. The molecular weight excluding hydrogens is 1720 g/mol. The number of rotatable bonds is 46. The van der Waals surface area contributed by atoms with Crippen LogP contribution in [0.15, 0.2) is 84.5 Å². The number of aromatic nitrogens is 4. The number of carbonyl (C=O) groups is 5. The number of hydrogen-bond acceptors (Lipinski definition) is 43. The molecule has 5 saturated heterocycles. The second-order valence-corrected chi connectivity index (χ2v) is 32.1. The minimum absolute atomic E-state index is 0. The summed E-state index contributed by atoms with van der Waals surface area (Å²) in [6.07, 6.45) is -17.8. The molecular formula is C80H128N7NaO38S. The van der Waals surface area contributed by atoms with Gasteiger partial charge in [0.25, 0.3) is 0 Å².